The predicted octanol–water partition coefficient (Wildman–Crippen LogP) is 2.30. The molecule has 3 N–H and O–H groups in total. The van der Waals surface area contributed by atoms with Gasteiger partial charge in [0.1, 0.15) is 11.7 Å². The molecule has 1 fully saturated rings. The highest BCUT2D eigenvalue weighted by Crippen LogP contribution is 2.28. The maximum Gasteiger partial charge on any atom is 0.407 e. The van der Waals surface area contributed by atoms with Crippen molar-refractivity contribution >= 4 is 12.1 Å². The zero-order valence-corrected chi connectivity index (χ0v) is 14.1. The summed E-state index contributed by atoms with van der Waals surface area (Å²) >= 11 is 0. The average Bonchev–Trinajstić information content (AvgIpc) is 2.43. The van der Waals surface area contributed by atoms with E-state index >= 15 is 0 Å². The second kappa shape index (κ2) is 8.78. The molecule has 2 atom stereocenters. The molecule has 1 unspecified atom stereocenters. The fourth-order valence-electron chi connectivity index (χ4n) is 2.74. The number of ether oxygens (including phenoxy) is 1. The van der Waals surface area contributed by atoms with E-state index in [9.17, 15) is 14.7 Å². The number of hydrogen-bond acceptors (Lipinski definition) is 4. The van der Waals surface area contributed by atoms with Gasteiger partial charge in [-0.05, 0) is 33.1 Å². The van der Waals surface area contributed by atoms with Gasteiger partial charge in [-0.15, -0.1) is 0 Å². The molecule has 0 radical (unpaired) electrons. The van der Waals surface area contributed by atoms with Crippen molar-refractivity contribution in [2.24, 2.45) is 5.92 Å². The molecule has 6 heteroatoms. The van der Waals surface area contributed by atoms with Gasteiger partial charge in [0.25, 0.3) is 0 Å². The van der Waals surface area contributed by atoms with E-state index in [4.69, 9.17) is 9.84 Å². The van der Waals surface area contributed by atoms with Gasteiger partial charge in [-0.3, -0.25) is 0 Å². The van der Waals surface area contributed by atoms with Crippen LogP contribution in [0.4, 0.5) is 4.79 Å². The molecule has 6 nitrogen and oxygen atoms in total. The molecular formula is C17H27NO5. The van der Waals surface area contributed by atoms with Crippen LogP contribution in [0.3, 0.4) is 0 Å². The highest BCUT2D eigenvalue weighted by Gasteiger charge is 2.27. The summed E-state index contributed by atoms with van der Waals surface area (Å²) in [5.41, 5.74) is -0.642. The lowest BCUT2D eigenvalue weighted by atomic mass is 9.84. The molecule has 0 heterocycles. The normalized spacial score (nSPS) is 18.3. The average molecular weight is 325 g/mol. The Morgan fingerprint density at radius 3 is 2.39 bits per heavy atom. The second-order valence-corrected chi connectivity index (χ2v) is 7.01. The number of aliphatic carboxylic acids is 1. The molecule has 130 valence electrons. The van der Waals surface area contributed by atoms with Gasteiger partial charge in [-0.2, -0.15) is 0 Å². The summed E-state index contributed by atoms with van der Waals surface area (Å²) in [6, 6.07) is -0.639. The molecule has 1 aliphatic carbocycles. The number of rotatable bonds is 4. The zero-order valence-electron chi connectivity index (χ0n) is 14.1. The van der Waals surface area contributed by atoms with Crippen LogP contribution in [0.25, 0.3) is 0 Å². The van der Waals surface area contributed by atoms with Gasteiger partial charge in [0.05, 0.1) is 6.04 Å². The number of carbonyl (C=O) groups excluding carboxylic acids is 1. The molecular weight excluding hydrogens is 298 g/mol. The van der Waals surface area contributed by atoms with Crippen LogP contribution in [0.2, 0.25) is 0 Å². The lowest BCUT2D eigenvalue weighted by Gasteiger charge is -2.29. The first kappa shape index (κ1) is 19.3. The van der Waals surface area contributed by atoms with Crippen molar-refractivity contribution in [3.8, 4) is 11.8 Å². The number of amides is 1. The van der Waals surface area contributed by atoms with E-state index in [0.717, 1.165) is 25.7 Å². The fourth-order valence-corrected chi connectivity index (χ4v) is 2.74. The van der Waals surface area contributed by atoms with Gasteiger partial charge in [-0.1, -0.05) is 38.0 Å². The SMILES string of the molecule is CC(C)(C)OC(=O)NC(CC1CCCCC1)[C@@H](O)C#CC(=O)O. The Labute approximate surface area is 137 Å². The third kappa shape index (κ3) is 8.46. The van der Waals surface area contributed by atoms with Crippen LogP contribution >= 0.6 is 0 Å². The summed E-state index contributed by atoms with van der Waals surface area (Å²) in [7, 11) is 0. The van der Waals surface area contributed by atoms with Gasteiger partial charge >= 0.3 is 12.1 Å². The Balaban J connectivity index is 2.72. The minimum Gasteiger partial charge on any atom is -0.472 e. The predicted molar refractivity (Wildman–Crippen MR) is 85.8 cm³/mol. The molecule has 1 aliphatic rings. The zero-order chi connectivity index (χ0) is 17.5. The van der Waals surface area contributed by atoms with E-state index in [-0.39, 0.29) is 0 Å². The monoisotopic (exact) mass is 325 g/mol. The Hall–Kier alpha value is -1.74. The molecule has 0 saturated heterocycles. The first-order valence-corrected chi connectivity index (χ1v) is 8.09. The number of alkyl carbamates (subject to hydrolysis) is 1. The number of aliphatic hydroxyl groups is 1. The topological polar surface area (TPSA) is 95.9 Å². The van der Waals surface area contributed by atoms with E-state index in [2.05, 4.69) is 11.2 Å². The van der Waals surface area contributed by atoms with Gasteiger partial charge in [0, 0.05) is 5.92 Å². The smallest absolute Gasteiger partial charge is 0.407 e. The summed E-state index contributed by atoms with van der Waals surface area (Å²) in [6.45, 7) is 5.26. The largest absolute Gasteiger partial charge is 0.472 e. The minimum atomic E-state index is -1.31. The maximum atomic E-state index is 11.9. The quantitative estimate of drug-likeness (QED) is 0.689. The third-order valence-corrected chi connectivity index (χ3v) is 3.72. The molecule has 0 aromatic rings. The van der Waals surface area contributed by atoms with Gasteiger partial charge in [-0.25, -0.2) is 9.59 Å². The van der Waals surface area contributed by atoms with Crippen LogP contribution in [-0.2, 0) is 9.53 Å². The van der Waals surface area contributed by atoms with Crippen molar-refractivity contribution in [1.29, 1.82) is 0 Å². The van der Waals surface area contributed by atoms with E-state index < -0.39 is 29.8 Å². The van der Waals surface area contributed by atoms with Crippen LogP contribution in [0.5, 0.6) is 0 Å². The lowest BCUT2D eigenvalue weighted by molar-refractivity contribution is -0.130. The molecule has 0 aromatic heterocycles. The van der Waals surface area contributed by atoms with Crippen molar-refractivity contribution < 1.29 is 24.5 Å². The highest BCUT2D eigenvalue weighted by atomic mass is 16.6. The van der Waals surface area contributed by atoms with E-state index in [0.29, 0.717) is 12.3 Å². The minimum absolute atomic E-state index is 0.393. The lowest BCUT2D eigenvalue weighted by Crippen LogP contribution is -2.46. The first-order valence-electron chi connectivity index (χ1n) is 8.09. The Bertz CT molecular complexity index is 466. The van der Waals surface area contributed by atoms with Crippen molar-refractivity contribution in [3.63, 3.8) is 0 Å². The Kier molecular flexibility index (Phi) is 7.37. The van der Waals surface area contributed by atoms with Crippen LogP contribution in [-0.4, -0.2) is 40.0 Å². The van der Waals surface area contributed by atoms with E-state index in [1.807, 2.05) is 5.92 Å². The number of nitrogens with one attached hydrogen (secondary N) is 1. The number of hydrogen-bond donors (Lipinski definition) is 3. The van der Waals surface area contributed by atoms with Crippen LogP contribution in [0.1, 0.15) is 59.3 Å². The first-order chi connectivity index (χ1) is 10.7. The third-order valence-electron chi connectivity index (χ3n) is 3.72. The molecule has 1 saturated carbocycles. The maximum absolute atomic E-state index is 11.9. The number of carboxylic acid groups (broad SMARTS) is 1. The van der Waals surface area contributed by atoms with Gasteiger partial charge in [0.15, 0.2) is 0 Å². The van der Waals surface area contributed by atoms with Gasteiger partial charge in [0.2, 0.25) is 0 Å². The summed E-state index contributed by atoms with van der Waals surface area (Å²) in [4.78, 5) is 22.5. The fraction of sp³-hybridized carbons (Fsp3) is 0.765. The molecule has 1 amide bonds. The summed E-state index contributed by atoms with van der Waals surface area (Å²) in [6.07, 6.45) is 4.28. The Morgan fingerprint density at radius 2 is 1.87 bits per heavy atom. The highest BCUT2D eigenvalue weighted by molar-refractivity contribution is 5.86. The van der Waals surface area contributed by atoms with Crippen LogP contribution < -0.4 is 5.32 Å². The van der Waals surface area contributed by atoms with E-state index in [1.54, 1.807) is 20.8 Å². The summed E-state index contributed by atoms with van der Waals surface area (Å²) in [5, 5.41) is 21.4. The van der Waals surface area contributed by atoms with E-state index in [1.165, 1.54) is 6.42 Å². The van der Waals surface area contributed by atoms with Crippen LogP contribution in [0, 0.1) is 17.8 Å². The molecule has 0 bridgehead atoms. The number of carboxylic acids is 1. The molecule has 1 rings (SSSR count). The summed E-state index contributed by atoms with van der Waals surface area (Å²) in [5.74, 6) is 3.27. The van der Waals surface area contributed by atoms with Crippen molar-refractivity contribution in [2.45, 2.75) is 77.0 Å². The molecule has 23 heavy (non-hydrogen) atoms. The van der Waals surface area contributed by atoms with Crippen molar-refractivity contribution in [1.82, 2.24) is 5.32 Å². The van der Waals surface area contributed by atoms with Crippen LogP contribution in [0.15, 0.2) is 0 Å². The molecule has 0 aromatic carbocycles. The Morgan fingerprint density at radius 1 is 1.26 bits per heavy atom. The van der Waals surface area contributed by atoms with Crippen molar-refractivity contribution in [3.05, 3.63) is 0 Å². The summed E-state index contributed by atoms with van der Waals surface area (Å²) < 4.78 is 5.21. The standard InChI is InChI=1S/C17H27NO5/c1-17(2,3)23-16(22)18-13(14(19)9-10-15(20)21)11-12-7-5-4-6-8-12/h12-14,19H,4-8,11H2,1-3H3,(H,18,22)(H,20,21)/t13?,14-/m0/s1. The molecule has 0 aliphatic heterocycles. The number of carbonyl (C=O) groups is 2. The van der Waals surface area contributed by atoms with Crippen molar-refractivity contribution in [2.75, 3.05) is 0 Å². The van der Waals surface area contributed by atoms with Gasteiger partial charge < -0.3 is 20.3 Å². The number of aliphatic hydroxyl groups excluding tert-OH is 1. The molecule has 0 spiro atoms. The second-order valence-electron chi connectivity index (χ2n) is 7.01.